The van der Waals surface area contributed by atoms with E-state index in [2.05, 4.69) is 26.1 Å². The van der Waals surface area contributed by atoms with Crippen LogP contribution in [0.5, 0.6) is 0 Å². The van der Waals surface area contributed by atoms with Gasteiger partial charge in [-0.25, -0.2) is 4.79 Å². The molecular weight excluding hydrogens is 254 g/mol. The van der Waals surface area contributed by atoms with Crippen molar-refractivity contribution in [3.63, 3.8) is 0 Å². The summed E-state index contributed by atoms with van der Waals surface area (Å²) in [4.78, 5) is 27.9. The summed E-state index contributed by atoms with van der Waals surface area (Å²) in [6.45, 7) is 12.9. The van der Waals surface area contributed by atoms with Crippen LogP contribution in [0.3, 0.4) is 0 Å². The van der Waals surface area contributed by atoms with E-state index in [1.807, 2.05) is 23.6 Å². The van der Waals surface area contributed by atoms with Crippen LogP contribution in [0, 0.1) is 5.41 Å². The number of hydrogen-bond donors (Lipinski definition) is 1. The molecule has 1 aliphatic rings. The van der Waals surface area contributed by atoms with E-state index in [1.165, 1.54) is 0 Å². The number of carbonyl (C=O) groups excluding carboxylic acids is 2. The lowest BCUT2D eigenvalue weighted by Gasteiger charge is -2.26. The molecule has 0 saturated carbocycles. The Hall–Kier alpha value is -1.26. The van der Waals surface area contributed by atoms with Crippen molar-refractivity contribution in [2.45, 2.75) is 53.5 Å². The average molecular weight is 283 g/mol. The minimum absolute atomic E-state index is 0.0120. The first-order valence-corrected chi connectivity index (χ1v) is 7.52. The Bertz CT molecular complexity index is 348. The van der Waals surface area contributed by atoms with Gasteiger partial charge in [-0.05, 0) is 25.7 Å². The number of amides is 3. The maximum Gasteiger partial charge on any atom is 0.317 e. The predicted molar refractivity (Wildman–Crippen MR) is 80.5 cm³/mol. The van der Waals surface area contributed by atoms with Crippen LogP contribution in [0.1, 0.15) is 47.5 Å². The fourth-order valence-electron chi connectivity index (χ4n) is 2.27. The normalized spacial score (nSPS) is 17.1. The van der Waals surface area contributed by atoms with Crippen molar-refractivity contribution in [3.05, 3.63) is 0 Å². The third-order valence-corrected chi connectivity index (χ3v) is 3.23. The van der Waals surface area contributed by atoms with Crippen LogP contribution in [0.4, 0.5) is 4.79 Å². The second-order valence-corrected chi connectivity index (χ2v) is 7.06. The number of nitrogens with zero attached hydrogens (tertiary/aromatic N) is 2. The largest absolute Gasteiger partial charge is 0.341 e. The summed E-state index contributed by atoms with van der Waals surface area (Å²) in [6.07, 6.45) is 1.41. The number of carbonyl (C=O) groups is 2. The standard InChI is InChI=1S/C15H29N3O2/c1-12(2)16-14(20)18-8-6-7-17(9-10-18)13(19)11-15(3,4)5/h12H,6-11H2,1-5H3,(H,16,20). The van der Waals surface area contributed by atoms with E-state index in [4.69, 9.17) is 0 Å². The molecule has 0 aromatic rings. The molecule has 0 bridgehead atoms. The lowest BCUT2D eigenvalue weighted by molar-refractivity contribution is -0.132. The van der Waals surface area contributed by atoms with Crippen molar-refractivity contribution in [2.75, 3.05) is 26.2 Å². The van der Waals surface area contributed by atoms with Gasteiger partial charge in [0, 0.05) is 38.6 Å². The number of urea groups is 1. The molecule has 3 amide bonds. The number of hydrogen-bond acceptors (Lipinski definition) is 2. The van der Waals surface area contributed by atoms with Gasteiger partial charge in [0.25, 0.3) is 0 Å². The molecule has 1 aliphatic heterocycles. The molecule has 0 atom stereocenters. The molecule has 0 aromatic heterocycles. The lowest BCUT2D eigenvalue weighted by atomic mass is 9.91. The van der Waals surface area contributed by atoms with E-state index < -0.39 is 0 Å². The van der Waals surface area contributed by atoms with E-state index in [1.54, 1.807) is 0 Å². The maximum atomic E-state index is 12.2. The molecule has 0 unspecified atom stereocenters. The van der Waals surface area contributed by atoms with Gasteiger partial charge in [-0.1, -0.05) is 20.8 Å². The van der Waals surface area contributed by atoms with Crippen LogP contribution in [0.2, 0.25) is 0 Å². The molecule has 5 heteroatoms. The summed E-state index contributed by atoms with van der Waals surface area (Å²) < 4.78 is 0. The Kier molecular flexibility index (Phi) is 5.84. The summed E-state index contributed by atoms with van der Waals surface area (Å²) in [5, 5.41) is 2.91. The molecule has 1 saturated heterocycles. The molecule has 1 N–H and O–H groups in total. The second kappa shape index (κ2) is 6.95. The SMILES string of the molecule is CC(C)NC(=O)N1CCCN(C(=O)CC(C)(C)C)CC1. The zero-order chi connectivity index (χ0) is 15.3. The summed E-state index contributed by atoms with van der Waals surface area (Å²) >= 11 is 0. The quantitative estimate of drug-likeness (QED) is 0.843. The minimum atomic E-state index is -0.0230. The molecule has 0 aromatic carbocycles. The van der Waals surface area contributed by atoms with Gasteiger partial charge in [0.2, 0.25) is 5.91 Å². The van der Waals surface area contributed by atoms with Gasteiger partial charge in [0.1, 0.15) is 0 Å². The summed E-state index contributed by atoms with van der Waals surface area (Å²) in [6, 6.07) is 0.120. The van der Waals surface area contributed by atoms with Crippen LogP contribution >= 0.6 is 0 Å². The fourth-order valence-corrected chi connectivity index (χ4v) is 2.27. The Morgan fingerprint density at radius 3 is 2.15 bits per heavy atom. The van der Waals surface area contributed by atoms with E-state index in [9.17, 15) is 9.59 Å². The van der Waals surface area contributed by atoms with Gasteiger partial charge in [0.15, 0.2) is 0 Å². The van der Waals surface area contributed by atoms with Gasteiger partial charge in [-0.15, -0.1) is 0 Å². The molecule has 20 heavy (non-hydrogen) atoms. The van der Waals surface area contributed by atoms with Crippen LogP contribution in [-0.2, 0) is 4.79 Å². The molecule has 5 nitrogen and oxygen atoms in total. The molecule has 0 aliphatic carbocycles. The highest BCUT2D eigenvalue weighted by Gasteiger charge is 2.25. The average Bonchev–Trinajstić information content (AvgIpc) is 2.50. The number of nitrogens with one attached hydrogen (secondary N) is 1. The fraction of sp³-hybridized carbons (Fsp3) is 0.867. The van der Waals surface area contributed by atoms with Crippen molar-refractivity contribution in [1.82, 2.24) is 15.1 Å². The molecule has 1 rings (SSSR count). The van der Waals surface area contributed by atoms with Crippen molar-refractivity contribution in [2.24, 2.45) is 5.41 Å². The van der Waals surface area contributed by atoms with Crippen LogP contribution in [-0.4, -0.2) is 54.0 Å². The van der Waals surface area contributed by atoms with Crippen molar-refractivity contribution < 1.29 is 9.59 Å². The Morgan fingerprint density at radius 1 is 1.05 bits per heavy atom. The zero-order valence-electron chi connectivity index (χ0n) is 13.5. The van der Waals surface area contributed by atoms with Gasteiger partial charge < -0.3 is 15.1 Å². The predicted octanol–water partition coefficient (Wildman–Crippen LogP) is 2.07. The van der Waals surface area contributed by atoms with E-state index >= 15 is 0 Å². The summed E-state index contributed by atoms with van der Waals surface area (Å²) in [5.41, 5.74) is 0.0120. The topological polar surface area (TPSA) is 52.7 Å². The summed E-state index contributed by atoms with van der Waals surface area (Å²) in [7, 11) is 0. The smallest absolute Gasteiger partial charge is 0.317 e. The van der Waals surface area contributed by atoms with Crippen molar-refractivity contribution in [3.8, 4) is 0 Å². The second-order valence-electron chi connectivity index (χ2n) is 7.06. The molecule has 1 heterocycles. The molecule has 116 valence electrons. The third-order valence-electron chi connectivity index (χ3n) is 3.23. The van der Waals surface area contributed by atoms with Gasteiger partial charge in [-0.3, -0.25) is 4.79 Å². The van der Waals surface area contributed by atoms with Crippen molar-refractivity contribution >= 4 is 11.9 Å². The van der Waals surface area contributed by atoms with Crippen LogP contribution < -0.4 is 5.32 Å². The van der Waals surface area contributed by atoms with Gasteiger partial charge in [-0.2, -0.15) is 0 Å². The van der Waals surface area contributed by atoms with E-state index in [0.717, 1.165) is 19.5 Å². The minimum Gasteiger partial charge on any atom is -0.341 e. The highest BCUT2D eigenvalue weighted by Crippen LogP contribution is 2.20. The van der Waals surface area contributed by atoms with Crippen LogP contribution in [0.15, 0.2) is 0 Å². The molecular formula is C15H29N3O2. The maximum absolute atomic E-state index is 12.2. The Balaban J connectivity index is 2.51. The lowest BCUT2D eigenvalue weighted by Crippen LogP contribution is -2.45. The highest BCUT2D eigenvalue weighted by atomic mass is 16.2. The van der Waals surface area contributed by atoms with E-state index in [0.29, 0.717) is 19.5 Å². The molecule has 0 spiro atoms. The first kappa shape index (κ1) is 16.8. The Morgan fingerprint density at radius 2 is 1.60 bits per heavy atom. The first-order valence-electron chi connectivity index (χ1n) is 7.52. The van der Waals surface area contributed by atoms with Crippen molar-refractivity contribution in [1.29, 1.82) is 0 Å². The number of rotatable bonds is 2. The van der Waals surface area contributed by atoms with Crippen LogP contribution in [0.25, 0.3) is 0 Å². The van der Waals surface area contributed by atoms with Gasteiger partial charge >= 0.3 is 6.03 Å². The zero-order valence-corrected chi connectivity index (χ0v) is 13.5. The molecule has 0 radical (unpaired) electrons. The molecule has 1 fully saturated rings. The highest BCUT2D eigenvalue weighted by molar-refractivity contribution is 5.77. The Labute approximate surface area is 122 Å². The first-order chi connectivity index (χ1) is 9.19. The third kappa shape index (κ3) is 5.80. The monoisotopic (exact) mass is 283 g/mol. The van der Waals surface area contributed by atoms with Gasteiger partial charge in [0.05, 0.1) is 0 Å². The van der Waals surface area contributed by atoms with E-state index in [-0.39, 0.29) is 23.4 Å². The summed E-state index contributed by atoms with van der Waals surface area (Å²) in [5.74, 6) is 0.198.